The van der Waals surface area contributed by atoms with Gasteiger partial charge in [-0.2, -0.15) is 13.2 Å². The third kappa shape index (κ3) is 2.41. The highest BCUT2D eigenvalue weighted by atomic mass is 19.4. The van der Waals surface area contributed by atoms with E-state index in [1.54, 1.807) is 18.2 Å². The molecule has 0 spiro atoms. The molecule has 100 valence electrons. The minimum Gasteiger partial charge on any atom is -0.326 e. The van der Waals surface area contributed by atoms with Gasteiger partial charge in [0.15, 0.2) is 0 Å². The molecule has 1 amide bonds. The smallest absolute Gasteiger partial charge is 0.326 e. The van der Waals surface area contributed by atoms with Crippen molar-refractivity contribution in [2.75, 3.05) is 6.54 Å². The zero-order valence-electron chi connectivity index (χ0n) is 10.1. The Morgan fingerprint density at radius 2 is 2.00 bits per heavy atom. The standard InChI is InChI=1S/C14H12F3NO/c1-3-10-5-4-6-11-8-18(7-9(2)12(10)11)13(19)14(15,16)17/h3-6H,1-2,7-8H2. The lowest BCUT2D eigenvalue weighted by molar-refractivity contribution is -0.185. The number of benzene rings is 1. The van der Waals surface area contributed by atoms with Crippen LogP contribution in [0.5, 0.6) is 0 Å². The zero-order valence-corrected chi connectivity index (χ0v) is 10.1. The maximum absolute atomic E-state index is 12.4. The molecule has 1 aliphatic rings. The van der Waals surface area contributed by atoms with Gasteiger partial charge in [0.05, 0.1) is 0 Å². The van der Waals surface area contributed by atoms with Gasteiger partial charge in [-0.25, -0.2) is 0 Å². The van der Waals surface area contributed by atoms with Crippen LogP contribution in [0.1, 0.15) is 16.7 Å². The first kappa shape index (κ1) is 13.4. The van der Waals surface area contributed by atoms with Crippen LogP contribution in [0.3, 0.4) is 0 Å². The molecule has 2 nitrogen and oxygen atoms in total. The number of hydrogen-bond donors (Lipinski definition) is 0. The number of halogens is 3. The minimum atomic E-state index is -4.85. The molecular formula is C14H12F3NO. The van der Waals surface area contributed by atoms with Crippen LogP contribution in [-0.2, 0) is 11.3 Å². The van der Waals surface area contributed by atoms with E-state index in [2.05, 4.69) is 13.2 Å². The normalized spacial score (nSPS) is 15.1. The lowest BCUT2D eigenvalue weighted by Crippen LogP contribution is -2.43. The topological polar surface area (TPSA) is 20.3 Å². The second-order valence-electron chi connectivity index (χ2n) is 4.35. The van der Waals surface area contributed by atoms with E-state index in [1.807, 2.05) is 6.07 Å². The van der Waals surface area contributed by atoms with Gasteiger partial charge in [-0.15, -0.1) is 0 Å². The monoisotopic (exact) mass is 267 g/mol. The molecule has 0 bridgehead atoms. The summed E-state index contributed by atoms with van der Waals surface area (Å²) in [4.78, 5) is 12.0. The van der Waals surface area contributed by atoms with E-state index in [1.165, 1.54) is 0 Å². The molecule has 1 aromatic carbocycles. The van der Waals surface area contributed by atoms with Gasteiger partial charge in [0.2, 0.25) is 0 Å². The van der Waals surface area contributed by atoms with Crippen LogP contribution in [0.25, 0.3) is 11.6 Å². The van der Waals surface area contributed by atoms with Crippen LogP contribution in [0.4, 0.5) is 13.2 Å². The molecule has 2 rings (SSSR count). The van der Waals surface area contributed by atoms with Crippen molar-refractivity contribution in [1.82, 2.24) is 4.90 Å². The van der Waals surface area contributed by atoms with Crippen LogP contribution >= 0.6 is 0 Å². The van der Waals surface area contributed by atoms with Crippen molar-refractivity contribution in [1.29, 1.82) is 0 Å². The van der Waals surface area contributed by atoms with E-state index in [0.717, 1.165) is 16.0 Å². The van der Waals surface area contributed by atoms with Crippen molar-refractivity contribution in [2.24, 2.45) is 0 Å². The molecule has 0 radical (unpaired) electrons. The highest BCUT2D eigenvalue weighted by molar-refractivity contribution is 5.86. The Labute approximate surface area is 108 Å². The predicted molar refractivity (Wildman–Crippen MR) is 67.0 cm³/mol. The van der Waals surface area contributed by atoms with E-state index < -0.39 is 12.1 Å². The zero-order chi connectivity index (χ0) is 14.2. The van der Waals surface area contributed by atoms with Crippen molar-refractivity contribution in [3.63, 3.8) is 0 Å². The summed E-state index contributed by atoms with van der Waals surface area (Å²) in [5.41, 5.74) is 2.77. The van der Waals surface area contributed by atoms with Crippen LogP contribution < -0.4 is 0 Å². The van der Waals surface area contributed by atoms with Crippen LogP contribution in [0.2, 0.25) is 0 Å². The summed E-state index contributed by atoms with van der Waals surface area (Å²) in [6.07, 6.45) is -3.22. The van der Waals surface area contributed by atoms with Crippen molar-refractivity contribution in [2.45, 2.75) is 12.7 Å². The minimum absolute atomic E-state index is 0.0611. The Morgan fingerprint density at radius 3 is 2.58 bits per heavy atom. The Kier molecular flexibility index (Phi) is 3.22. The maximum Gasteiger partial charge on any atom is 0.471 e. The lowest BCUT2D eigenvalue weighted by Gasteiger charge is -2.31. The highest BCUT2D eigenvalue weighted by Crippen LogP contribution is 2.32. The van der Waals surface area contributed by atoms with E-state index in [0.29, 0.717) is 11.1 Å². The Morgan fingerprint density at radius 1 is 1.32 bits per heavy atom. The van der Waals surface area contributed by atoms with Crippen LogP contribution in [-0.4, -0.2) is 23.5 Å². The summed E-state index contributed by atoms with van der Waals surface area (Å²) in [5, 5.41) is 0. The molecule has 0 atom stereocenters. The van der Waals surface area contributed by atoms with Crippen LogP contribution in [0.15, 0.2) is 31.4 Å². The number of alkyl halides is 3. The molecule has 1 aromatic rings. The van der Waals surface area contributed by atoms with E-state index in [4.69, 9.17) is 0 Å². The fourth-order valence-corrected chi connectivity index (χ4v) is 2.25. The number of fused-ring (bicyclic) bond motifs is 1. The summed E-state index contributed by atoms with van der Waals surface area (Å²) in [6.45, 7) is 7.26. The summed E-state index contributed by atoms with van der Waals surface area (Å²) < 4.78 is 37.3. The van der Waals surface area contributed by atoms with E-state index in [-0.39, 0.29) is 13.1 Å². The quantitative estimate of drug-likeness (QED) is 0.765. The van der Waals surface area contributed by atoms with Gasteiger partial charge in [-0.05, 0) is 22.3 Å². The van der Waals surface area contributed by atoms with Crippen molar-refractivity contribution in [3.05, 3.63) is 48.0 Å². The van der Waals surface area contributed by atoms with E-state index >= 15 is 0 Å². The summed E-state index contributed by atoms with van der Waals surface area (Å²) in [7, 11) is 0. The van der Waals surface area contributed by atoms with Crippen molar-refractivity contribution >= 4 is 17.6 Å². The molecule has 1 aliphatic heterocycles. The predicted octanol–water partition coefficient (Wildman–Crippen LogP) is 3.25. The number of rotatable bonds is 1. The maximum atomic E-state index is 12.4. The molecule has 5 heteroatoms. The Balaban J connectivity index is 2.39. The molecule has 0 saturated carbocycles. The highest BCUT2D eigenvalue weighted by Gasteiger charge is 2.43. The van der Waals surface area contributed by atoms with Gasteiger partial charge in [-0.1, -0.05) is 37.4 Å². The first-order valence-electron chi connectivity index (χ1n) is 5.63. The van der Waals surface area contributed by atoms with Gasteiger partial charge < -0.3 is 4.90 Å². The van der Waals surface area contributed by atoms with Gasteiger partial charge in [-0.3, -0.25) is 4.79 Å². The number of amides is 1. The molecule has 0 saturated heterocycles. The first-order chi connectivity index (χ1) is 8.84. The molecule has 1 heterocycles. The SMILES string of the molecule is C=Cc1cccc2c1C(=C)CN(C(=O)C(F)(F)F)C2. The molecule has 19 heavy (non-hydrogen) atoms. The van der Waals surface area contributed by atoms with Gasteiger partial charge in [0.25, 0.3) is 0 Å². The molecule has 0 unspecified atom stereocenters. The Bertz CT molecular complexity index is 560. The van der Waals surface area contributed by atoms with Gasteiger partial charge in [0, 0.05) is 13.1 Å². The number of carbonyl (C=O) groups is 1. The second-order valence-corrected chi connectivity index (χ2v) is 4.35. The first-order valence-corrected chi connectivity index (χ1v) is 5.63. The van der Waals surface area contributed by atoms with Crippen molar-refractivity contribution in [3.8, 4) is 0 Å². The van der Waals surface area contributed by atoms with Crippen LogP contribution in [0, 0.1) is 0 Å². The third-order valence-corrected chi connectivity index (χ3v) is 3.03. The molecule has 0 fully saturated rings. The molecular weight excluding hydrogens is 255 g/mol. The number of nitrogens with zero attached hydrogens (tertiary/aromatic N) is 1. The van der Waals surface area contributed by atoms with Crippen molar-refractivity contribution < 1.29 is 18.0 Å². The number of carbonyl (C=O) groups excluding carboxylic acids is 1. The summed E-state index contributed by atoms with van der Waals surface area (Å²) >= 11 is 0. The average Bonchev–Trinajstić information content (AvgIpc) is 2.35. The van der Waals surface area contributed by atoms with E-state index in [9.17, 15) is 18.0 Å². The average molecular weight is 267 g/mol. The summed E-state index contributed by atoms with van der Waals surface area (Å²) in [5.74, 6) is -1.83. The largest absolute Gasteiger partial charge is 0.471 e. The third-order valence-electron chi connectivity index (χ3n) is 3.03. The summed E-state index contributed by atoms with van der Waals surface area (Å²) in [6, 6.07) is 5.24. The van der Waals surface area contributed by atoms with Gasteiger partial charge in [0.1, 0.15) is 0 Å². The molecule has 0 aliphatic carbocycles. The fraction of sp³-hybridized carbons (Fsp3) is 0.214. The Hall–Kier alpha value is -2.04. The lowest BCUT2D eigenvalue weighted by atomic mass is 9.91. The van der Waals surface area contributed by atoms with Gasteiger partial charge >= 0.3 is 12.1 Å². The number of hydrogen-bond acceptors (Lipinski definition) is 1. The fourth-order valence-electron chi connectivity index (χ4n) is 2.25. The molecule has 0 aromatic heterocycles. The second kappa shape index (κ2) is 4.57. The molecule has 0 N–H and O–H groups in total.